The molecular formula is C23H26N4O3. The van der Waals surface area contributed by atoms with Gasteiger partial charge < -0.3 is 14.6 Å². The first-order chi connectivity index (χ1) is 14.7. The van der Waals surface area contributed by atoms with Crippen LogP contribution in [0.2, 0.25) is 0 Å². The third-order valence-electron chi connectivity index (χ3n) is 5.40. The summed E-state index contributed by atoms with van der Waals surface area (Å²) in [6.07, 6.45) is 3.95. The van der Waals surface area contributed by atoms with E-state index < -0.39 is 0 Å². The zero-order valence-electron chi connectivity index (χ0n) is 17.1. The minimum Gasteiger partial charge on any atom is -0.497 e. The van der Waals surface area contributed by atoms with Gasteiger partial charge in [0, 0.05) is 37.8 Å². The van der Waals surface area contributed by atoms with Crippen LogP contribution in [0.1, 0.15) is 46.3 Å². The first-order valence-corrected chi connectivity index (χ1v) is 10.2. The lowest BCUT2D eigenvalue weighted by Gasteiger charge is -2.31. The molecule has 1 atom stereocenters. The molecule has 30 heavy (non-hydrogen) atoms. The summed E-state index contributed by atoms with van der Waals surface area (Å²) in [5.74, 6) is 1.04. The Morgan fingerprint density at radius 1 is 1.27 bits per heavy atom. The number of hydrogen-bond donors (Lipinski definition) is 1. The Kier molecular flexibility index (Phi) is 6.39. The van der Waals surface area contributed by atoms with E-state index in [1.165, 1.54) is 0 Å². The van der Waals surface area contributed by atoms with E-state index in [0.717, 1.165) is 55.2 Å². The predicted molar refractivity (Wildman–Crippen MR) is 112 cm³/mol. The molecule has 0 saturated carbocycles. The van der Waals surface area contributed by atoms with Gasteiger partial charge in [-0.15, -0.1) is 0 Å². The van der Waals surface area contributed by atoms with Crippen molar-refractivity contribution in [3.05, 3.63) is 77.4 Å². The van der Waals surface area contributed by atoms with Crippen LogP contribution in [0, 0.1) is 0 Å². The number of ether oxygens (including phenoxy) is 1. The normalized spacial score (nSPS) is 16.9. The highest BCUT2D eigenvalue weighted by atomic mass is 16.5. The van der Waals surface area contributed by atoms with Crippen LogP contribution in [-0.4, -0.2) is 41.1 Å². The van der Waals surface area contributed by atoms with Gasteiger partial charge in [0.05, 0.1) is 18.5 Å². The van der Waals surface area contributed by atoms with E-state index in [0.29, 0.717) is 6.54 Å². The molecule has 1 fully saturated rings. The molecule has 0 spiro atoms. The highest BCUT2D eigenvalue weighted by molar-refractivity contribution is 5.91. The van der Waals surface area contributed by atoms with Crippen LogP contribution < -0.4 is 10.1 Å². The third kappa shape index (κ3) is 5.04. The van der Waals surface area contributed by atoms with Crippen LogP contribution in [0.3, 0.4) is 0 Å². The van der Waals surface area contributed by atoms with Crippen LogP contribution in [0.5, 0.6) is 5.75 Å². The molecule has 1 saturated heterocycles. The summed E-state index contributed by atoms with van der Waals surface area (Å²) in [4.78, 5) is 19.3. The van der Waals surface area contributed by atoms with Crippen molar-refractivity contribution in [2.24, 2.45) is 0 Å². The van der Waals surface area contributed by atoms with Crippen molar-refractivity contribution in [1.82, 2.24) is 20.4 Å². The predicted octanol–water partition coefficient (Wildman–Crippen LogP) is 3.39. The second-order valence-corrected chi connectivity index (χ2v) is 7.54. The first-order valence-electron chi connectivity index (χ1n) is 10.2. The van der Waals surface area contributed by atoms with E-state index in [4.69, 9.17) is 9.26 Å². The number of rotatable bonds is 7. The first kappa shape index (κ1) is 20.1. The Bertz CT molecular complexity index is 956. The maximum absolute atomic E-state index is 12.5. The molecule has 1 aliphatic rings. The number of benzene rings is 1. The van der Waals surface area contributed by atoms with Gasteiger partial charge in [-0.3, -0.25) is 14.7 Å². The van der Waals surface area contributed by atoms with Crippen molar-refractivity contribution in [3.63, 3.8) is 0 Å². The van der Waals surface area contributed by atoms with E-state index in [1.54, 1.807) is 13.2 Å². The van der Waals surface area contributed by atoms with E-state index >= 15 is 0 Å². The number of methoxy groups -OCH3 is 1. The summed E-state index contributed by atoms with van der Waals surface area (Å²) < 4.78 is 10.5. The number of hydrogen-bond acceptors (Lipinski definition) is 6. The number of pyridine rings is 1. The smallest absolute Gasteiger partial charge is 0.290 e. The fourth-order valence-corrected chi connectivity index (χ4v) is 3.76. The van der Waals surface area contributed by atoms with E-state index in [2.05, 4.69) is 20.4 Å². The molecule has 1 N–H and O–H groups in total. The summed E-state index contributed by atoms with van der Waals surface area (Å²) in [5.41, 5.74) is 2.90. The van der Waals surface area contributed by atoms with Crippen molar-refractivity contribution < 1.29 is 14.1 Å². The molecule has 1 aromatic carbocycles. The molecule has 0 radical (unpaired) electrons. The molecule has 7 heteroatoms. The van der Waals surface area contributed by atoms with Gasteiger partial charge in [0.15, 0.2) is 0 Å². The second-order valence-electron chi connectivity index (χ2n) is 7.54. The Labute approximate surface area is 176 Å². The molecule has 156 valence electrons. The highest BCUT2D eigenvalue weighted by Crippen LogP contribution is 2.27. The number of nitrogens with one attached hydrogen (secondary N) is 1. The van der Waals surface area contributed by atoms with Crippen LogP contribution in [0.4, 0.5) is 0 Å². The molecule has 0 aliphatic carbocycles. The number of aromatic nitrogens is 2. The Balaban J connectivity index is 1.32. The summed E-state index contributed by atoms with van der Waals surface area (Å²) in [6, 6.07) is 15.3. The van der Waals surface area contributed by atoms with Crippen LogP contribution in [0.15, 0.2) is 59.3 Å². The van der Waals surface area contributed by atoms with Crippen molar-refractivity contribution in [2.45, 2.75) is 31.8 Å². The van der Waals surface area contributed by atoms with E-state index in [-0.39, 0.29) is 17.6 Å². The molecule has 7 nitrogen and oxygen atoms in total. The Morgan fingerprint density at radius 3 is 2.90 bits per heavy atom. The monoisotopic (exact) mass is 406 g/mol. The van der Waals surface area contributed by atoms with Gasteiger partial charge in [-0.1, -0.05) is 23.4 Å². The summed E-state index contributed by atoms with van der Waals surface area (Å²) in [5, 5.41) is 7.06. The largest absolute Gasteiger partial charge is 0.497 e. The lowest BCUT2D eigenvalue weighted by atomic mass is 9.94. The van der Waals surface area contributed by atoms with Crippen molar-refractivity contribution in [2.75, 3.05) is 20.2 Å². The molecule has 1 unspecified atom stereocenters. The number of nitrogens with zero attached hydrogens (tertiary/aromatic N) is 3. The van der Waals surface area contributed by atoms with Gasteiger partial charge in [-0.25, -0.2) is 0 Å². The number of piperidine rings is 1. The van der Waals surface area contributed by atoms with Gasteiger partial charge in [-0.2, -0.15) is 0 Å². The molecule has 2 aromatic heterocycles. The molecule has 0 bridgehead atoms. The topological polar surface area (TPSA) is 80.5 Å². The van der Waals surface area contributed by atoms with Gasteiger partial charge in [-0.05, 0) is 49.2 Å². The fourth-order valence-electron chi connectivity index (χ4n) is 3.76. The average molecular weight is 406 g/mol. The fraction of sp³-hybridized carbons (Fsp3) is 0.348. The molecule has 4 rings (SSSR count). The summed E-state index contributed by atoms with van der Waals surface area (Å²) >= 11 is 0. The number of carbonyl (C=O) groups excluding carboxylic acids is 1. The lowest BCUT2D eigenvalue weighted by Crippen LogP contribution is -2.34. The Hall–Kier alpha value is -3.19. The van der Waals surface area contributed by atoms with Crippen LogP contribution >= 0.6 is 0 Å². The van der Waals surface area contributed by atoms with Gasteiger partial charge in [0.25, 0.3) is 5.91 Å². The summed E-state index contributed by atoms with van der Waals surface area (Å²) in [7, 11) is 1.63. The van der Waals surface area contributed by atoms with Crippen molar-refractivity contribution in [3.8, 4) is 5.75 Å². The van der Waals surface area contributed by atoms with Gasteiger partial charge in [0.2, 0.25) is 5.76 Å². The molecule has 3 aromatic rings. The lowest BCUT2D eigenvalue weighted by molar-refractivity contribution is 0.0913. The Morgan fingerprint density at radius 2 is 2.13 bits per heavy atom. The maximum Gasteiger partial charge on any atom is 0.290 e. The van der Waals surface area contributed by atoms with Crippen LogP contribution in [0.25, 0.3) is 0 Å². The number of likely N-dealkylation sites (tertiary alicyclic amines) is 1. The minimum atomic E-state index is -0.259. The SMILES string of the molecule is COc1ccc(CNC(=O)c2cc(C3CCCN(Cc4ccccn4)C3)no2)cc1. The molecule has 1 aliphatic heterocycles. The van der Waals surface area contributed by atoms with Gasteiger partial charge >= 0.3 is 0 Å². The maximum atomic E-state index is 12.5. The van der Waals surface area contributed by atoms with Crippen molar-refractivity contribution >= 4 is 5.91 Å². The molecular weight excluding hydrogens is 380 g/mol. The number of amides is 1. The van der Waals surface area contributed by atoms with Crippen LogP contribution in [-0.2, 0) is 13.1 Å². The minimum absolute atomic E-state index is 0.250. The van der Waals surface area contributed by atoms with Crippen molar-refractivity contribution in [1.29, 1.82) is 0 Å². The third-order valence-corrected chi connectivity index (χ3v) is 5.40. The number of carbonyl (C=O) groups is 1. The standard InChI is InChI=1S/C23H26N4O3/c1-29-20-9-7-17(8-10-20)14-25-23(28)22-13-21(26-30-22)18-5-4-12-27(15-18)16-19-6-2-3-11-24-19/h2-3,6-11,13,18H,4-5,12,14-16H2,1H3,(H,25,28). The summed E-state index contributed by atoms with van der Waals surface area (Å²) in [6.45, 7) is 3.17. The quantitative estimate of drug-likeness (QED) is 0.648. The molecule has 3 heterocycles. The van der Waals surface area contributed by atoms with E-state index in [9.17, 15) is 4.79 Å². The second kappa shape index (κ2) is 9.54. The molecule has 1 amide bonds. The van der Waals surface area contributed by atoms with Gasteiger partial charge in [0.1, 0.15) is 5.75 Å². The highest BCUT2D eigenvalue weighted by Gasteiger charge is 2.25. The zero-order valence-corrected chi connectivity index (χ0v) is 17.1. The average Bonchev–Trinajstić information content (AvgIpc) is 3.29. The zero-order chi connectivity index (χ0) is 20.8. The van der Waals surface area contributed by atoms with E-state index in [1.807, 2.05) is 48.7 Å².